The van der Waals surface area contributed by atoms with Crippen molar-refractivity contribution in [3.63, 3.8) is 0 Å². The van der Waals surface area contributed by atoms with E-state index in [1.807, 2.05) is 4.90 Å². The molecule has 0 aromatic carbocycles. The van der Waals surface area contributed by atoms with E-state index in [9.17, 15) is 14.7 Å². The van der Waals surface area contributed by atoms with Crippen LogP contribution >= 0.6 is 0 Å². The van der Waals surface area contributed by atoms with Gasteiger partial charge >= 0.3 is 0 Å². The summed E-state index contributed by atoms with van der Waals surface area (Å²) in [5.74, 6) is 2.99. The number of fused-ring (bicyclic) bond motifs is 2. The van der Waals surface area contributed by atoms with Crippen LogP contribution in [0.25, 0.3) is 0 Å². The fourth-order valence-electron chi connectivity index (χ4n) is 13.6. The molecule has 272 valence electrons. The zero-order valence-electron chi connectivity index (χ0n) is 31.2. The molecule has 2 N–H and O–H groups in total. The predicted molar refractivity (Wildman–Crippen MR) is 185 cm³/mol. The van der Waals surface area contributed by atoms with Gasteiger partial charge in [-0.15, -0.1) is 0 Å². The molecule has 12 atom stereocenters. The van der Waals surface area contributed by atoms with Crippen molar-refractivity contribution in [1.82, 2.24) is 10.2 Å². The van der Waals surface area contributed by atoms with Gasteiger partial charge in [-0.05, 0) is 128 Å². The number of nitrogens with one attached hydrogen (secondary N) is 1. The van der Waals surface area contributed by atoms with Crippen LogP contribution in [0.2, 0.25) is 0 Å². The van der Waals surface area contributed by atoms with Gasteiger partial charge in [-0.3, -0.25) is 9.59 Å². The number of hydrogen-bond acceptors (Lipinski definition) is 6. The largest absolute Gasteiger partial charge is 0.393 e. The van der Waals surface area contributed by atoms with Crippen molar-refractivity contribution in [2.24, 2.45) is 56.7 Å². The number of hydrogen-bond donors (Lipinski definition) is 2. The van der Waals surface area contributed by atoms with Gasteiger partial charge in [0.25, 0.3) is 0 Å². The molecular weight excluding hydrogens is 604 g/mol. The molecule has 1 saturated heterocycles. The van der Waals surface area contributed by atoms with Crippen molar-refractivity contribution in [3.8, 4) is 0 Å². The summed E-state index contributed by atoms with van der Waals surface area (Å²) in [6.07, 6.45) is 14.2. The molecule has 6 saturated carbocycles. The van der Waals surface area contributed by atoms with Crippen LogP contribution < -0.4 is 5.32 Å². The SMILES string of the molecule is CNC(=O)CCC(C[C@@H](C)[C@H]1C[C@H](O)[C@@]2(C)C3CC[C@H]4C(C)(C)C(O[C@H]5CN(C(=O)CC6CC6)CCO5)CCC45CC35CCC12C)OC. The van der Waals surface area contributed by atoms with Crippen LogP contribution in [0.1, 0.15) is 125 Å². The maximum absolute atomic E-state index is 12.9. The molecule has 2 spiro atoms. The molecule has 1 heterocycles. The fraction of sp³-hybridized carbons (Fsp3) is 0.950. The summed E-state index contributed by atoms with van der Waals surface area (Å²) < 4.78 is 18.9. The molecule has 48 heavy (non-hydrogen) atoms. The van der Waals surface area contributed by atoms with E-state index in [0.29, 0.717) is 73.0 Å². The monoisotopic (exact) mass is 670 g/mol. The van der Waals surface area contributed by atoms with Gasteiger partial charge < -0.3 is 29.5 Å². The number of amides is 2. The number of nitrogens with zero attached hydrogens (tertiary/aromatic N) is 1. The van der Waals surface area contributed by atoms with E-state index in [1.165, 1.54) is 51.4 Å². The molecule has 0 radical (unpaired) electrons. The summed E-state index contributed by atoms with van der Waals surface area (Å²) in [5, 5.41) is 14.9. The molecule has 0 aromatic heterocycles. The smallest absolute Gasteiger partial charge is 0.223 e. The van der Waals surface area contributed by atoms with E-state index in [2.05, 4.69) is 39.9 Å². The highest BCUT2D eigenvalue weighted by Crippen LogP contribution is 2.89. The first-order valence-electron chi connectivity index (χ1n) is 19.7. The van der Waals surface area contributed by atoms with Gasteiger partial charge in [0, 0.05) is 39.0 Å². The second-order valence-corrected chi connectivity index (χ2v) is 18.8. The maximum Gasteiger partial charge on any atom is 0.223 e. The number of methoxy groups -OCH3 is 1. The predicted octanol–water partition coefficient (Wildman–Crippen LogP) is 6.33. The Kier molecular flexibility index (Phi) is 9.15. The lowest BCUT2D eigenvalue weighted by Gasteiger charge is -2.64. The Morgan fingerprint density at radius 1 is 1.02 bits per heavy atom. The van der Waals surface area contributed by atoms with Crippen LogP contribution in [0.4, 0.5) is 0 Å². The van der Waals surface area contributed by atoms with Crippen LogP contribution in [0.15, 0.2) is 0 Å². The van der Waals surface area contributed by atoms with E-state index in [-0.39, 0.29) is 52.7 Å². The topological polar surface area (TPSA) is 97.3 Å². The standard InChI is InChI=1S/C40H66N2O6/c1-25(20-27(46-7)10-13-33(44)41-6)28-22-31(43)38(5)30-12-11-29-36(2,3)32(14-15-39(29)24-40(30,39)17-16-37(28,38)4)48-35-23-42(18-19-47-35)34(45)21-26-8-9-26/h25-32,35,43H,8-24H2,1-7H3,(H,41,44)/t25-,27?,28-,29+,30?,31+,32?,35+,37?,38-,39?,40?/m1/s1. The highest BCUT2D eigenvalue weighted by atomic mass is 16.7. The molecular formula is C40H66N2O6. The molecule has 0 aromatic rings. The maximum atomic E-state index is 12.9. The first-order chi connectivity index (χ1) is 22.8. The van der Waals surface area contributed by atoms with Crippen molar-refractivity contribution in [2.75, 3.05) is 33.9 Å². The summed E-state index contributed by atoms with van der Waals surface area (Å²) >= 11 is 0. The highest BCUT2D eigenvalue weighted by Gasteiger charge is 2.83. The third-order valence-electron chi connectivity index (χ3n) is 16.7. The number of rotatable bonds is 11. The lowest BCUT2D eigenvalue weighted by molar-refractivity contribution is -0.248. The lowest BCUT2D eigenvalue weighted by Crippen LogP contribution is -2.60. The van der Waals surface area contributed by atoms with Crippen LogP contribution in [0, 0.1) is 56.7 Å². The molecule has 6 unspecified atom stereocenters. The second kappa shape index (κ2) is 12.5. The van der Waals surface area contributed by atoms with Crippen molar-refractivity contribution in [2.45, 2.75) is 149 Å². The zero-order chi connectivity index (χ0) is 34.3. The number of aliphatic hydroxyl groups excluding tert-OH is 1. The van der Waals surface area contributed by atoms with Crippen LogP contribution in [-0.2, 0) is 23.8 Å². The molecule has 7 rings (SSSR count). The molecule has 8 nitrogen and oxygen atoms in total. The number of morpholine rings is 1. The fourth-order valence-corrected chi connectivity index (χ4v) is 13.6. The average Bonchev–Trinajstić information content (AvgIpc) is 3.98. The summed E-state index contributed by atoms with van der Waals surface area (Å²) in [6.45, 7) is 14.1. The third kappa shape index (κ3) is 5.34. The van der Waals surface area contributed by atoms with E-state index in [0.717, 1.165) is 25.7 Å². The first kappa shape index (κ1) is 35.2. The summed E-state index contributed by atoms with van der Waals surface area (Å²) in [5.41, 5.74) is 0.726. The molecule has 1 aliphatic heterocycles. The molecule has 0 bridgehead atoms. The molecule has 2 amide bonds. The number of carbonyl (C=O) groups is 2. The van der Waals surface area contributed by atoms with Gasteiger partial charge in [-0.2, -0.15) is 0 Å². The van der Waals surface area contributed by atoms with Gasteiger partial charge in [0.2, 0.25) is 11.8 Å². The second-order valence-electron chi connectivity index (χ2n) is 18.8. The van der Waals surface area contributed by atoms with E-state index >= 15 is 0 Å². The number of carbonyl (C=O) groups excluding carboxylic acids is 2. The van der Waals surface area contributed by atoms with Gasteiger partial charge in [-0.25, -0.2) is 0 Å². The summed E-state index contributed by atoms with van der Waals surface area (Å²) in [6, 6.07) is 0. The number of aliphatic hydroxyl groups is 1. The molecule has 7 aliphatic rings. The van der Waals surface area contributed by atoms with E-state index in [1.54, 1.807) is 14.2 Å². The first-order valence-corrected chi connectivity index (χ1v) is 19.7. The minimum atomic E-state index is -0.326. The van der Waals surface area contributed by atoms with Crippen LogP contribution in [0.5, 0.6) is 0 Å². The van der Waals surface area contributed by atoms with Gasteiger partial charge in [-0.1, -0.05) is 34.6 Å². The van der Waals surface area contributed by atoms with Gasteiger partial charge in [0.15, 0.2) is 6.29 Å². The molecule has 6 aliphatic carbocycles. The van der Waals surface area contributed by atoms with E-state index < -0.39 is 0 Å². The van der Waals surface area contributed by atoms with Crippen molar-refractivity contribution in [1.29, 1.82) is 0 Å². The zero-order valence-corrected chi connectivity index (χ0v) is 31.2. The van der Waals surface area contributed by atoms with Crippen molar-refractivity contribution < 1.29 is 28.9 Å². The Morgan fingerprint density at radius 3 is 2.46 bits per heavy atom. The Morgan fingerprint density at radius 2 is 1.75 bits per heavy atom. The van der Waals surface area contributed by atoms with Crippen LogP contribution in [0.3, 0.4) is 0 Å². The van der Waals surface area contributed by atoms with Gasteiger partial charge in [0.1, 0.15) is 0 Å². The van der Waals surface area contributed by atoms with Gasteiger partial charge in [0.05, 0.1) is 31.5 Å². The van der Waals surface area contributed by atoms with Crippen molar-refractivity contribution >= 4 is 11.8 Å². The Bertz CT molecular complexity index is 1240. The lowest BCUT2D eigenvalue weighted by atomic mass is 9.41. The molecule has 7 fully saturated rings. The molecule has 8 heteroatoms. The average molecular weight is 671 g/mol. The third-order valence-corrected chi connectivity index (χ3v) is 16.7. The normalized spacial score (nSPS) is 45.6. The number of ether oxygens (including phenoxy) is 3. The Labute approximate surface area is 290 Å². The van der Waals surface area contributed by atoms with Crippen molar-refractivity contribution in [3.05, 3.63) is 0 Å². The summed E-state index contributed by atoms with van der Waals surface area (Å²) in [7, 11) is 3.48. The minimum Gasteiger partial charge on any atom is -0.393 e. The quantitative estimate of drug-likeness (QED) is 0.267. The highest BCUT2D eigenvalue weighted by molar-refractivity contribution is 5.77. The minimum absolute atomic E-state index is 0.0349. The van der Waals surface area contributed by atoms with Crippen LogP contribution in [-0.4, -0.2) is 80.3 Å². The van der Waals surface area contributed by atoms with E-state index in [4.69, 9.17) is 14.2 Å². The summed E-state index contributed by atoms with van der Waals surface area (Å²) in [4.78, 5) is 26.8. The Balaban J connectivity index is 1.04. The Hall–Kier alpha value is -1.22.